The molecule has 1 aromatic carbocycles. The van der Waals surface area contributed by atoms with Crippen LogP contribution in [0, 0.1) is 10.1 Å². The van der Waals surface area contributed by atoms with Crippen molar-refractivity contribution in [3.63, 3.8) is 0 Å². The maximum atomic E-state index is 11.0. The van der Waals surface area contributed by atoms with Crippen LogP contribution in [0.5, 0.6) is 0 Å². The Balaban J connectivity index is 0.00000180. The predicted octanol–water partition coefficient (Wildman–Crippen LogP) is 1.91. The summed E-state index contributed by atoms with van der Waals surface area (Å²) >= 11 is 3.21. The van der Waals surface area contributed by atoms with Gasteiger partial charge < -0.3 is 15.7 Å². The average Bonchev–Trinajstić information content (AvgIpc) is 2.34. The first-order chi connectivity index (χ1) is 8.58. The molecule has 1 heterocycles. The summed E-state index contributed by atoms with van der Waals surface area (Å²) in [7, 11) is 0. The summed E-state index contributed by atoms with van der Waals surface area (Å²) in [5.41, 5.74) is 0.448. The fourth-order valence-corrected chi connectivity index (χ4v) is 2.34. The number of hydrogen-bond donors (Lipinski definition) is 3. The Morgan fingerprint density at radius 3 is 2.89 bits per heavy atom. The van der Waals surface area contributed by atoms with Gasteiger partial charge in [0.2, 0.25) is 0 Å². The highest BCUT2D eigenvalue weighted by molar-refractivity contribution is 9.10. The van der Waals surface area contributed by atoms with Crippen LogP contribution in [0.4, 0.5) is 11.4 Å². The second-order valence-corrected chi connectivity index (χ2v) is 5.15. The highest BCUT2D eigenvalue weighted by Gasteiger charge is 2.25. The summed E-state index contributed by atoms with van der Waals surface area (Å²) in [6, 6.07) is 4.68. The summed E-state index contributed by atoms with van der Waals surface area (Å²) < 4.78 is 0.658. The van der Waals surface area contributed by atoms with Gasteiger partial charge in [-0.3, -0.25) is 10.1 Å². The van der Waals surface area contributed by atoms with Crippen LogP contribution in [0.2, 0.25) is 0 Å². The van der Waals surface area contributed by atoms with Crippen molar-refractivity contribution in [2.75, 3.05) is 18.4 Å². The molecule has 6 nitrogen and oxygen atoms in total. The first-order valence-corrected chi connectivity index (χ1v) is 6.46. The monoisotopic (exact) mass is 351 g/mol. The van der Waals surface area contributed by atoms with E-state index in [1.54, 1.807) is 12.1 Å². The van der Waals surface area contributed by atoms with E-state index < -0.39 is 11.0 Å². The molecule has 0 radical (unpaired) electrons. The number of rotatable bonds is 3. The number of nitrogens with one attached hydrogen (secondary N) is 2. The Morgan fingerprint density at radius 2 is 2.26 bits per heavy atom. The smallest absolute Gasteiger partial charge is 0.293 e. The third-order valence-electron chi connectivity index (χ3n) is 2.95. The van der Waals surface area contributed by atoms with E-state index in [0.29, 0.717) is 16.7 Å². The lowest BCUT2D eigenvalue weighted by atomic mass is 10.0. The summed E-state index contributed by atoms with van der Waals surface area (Å²) in [6.45, 7) is 1.29. The van der Waals surface area contributed by atoms with Gasteiger partial charge in [0.25, 0.3) is 5.69 Å². The van der Waals surface area contributed by atoms with Gasteiger partial charge in [-0.05, 0) is 25.1 Å². The van der Waals surface area contributed by atoms with Crippen molar-refractivity contribution in [2.45, 2.75) is 18.6 Å². The number of aliphatic hydroxyl groups is 1. The molecule has 0 aromatic heterocycles. The second-order valence-electron chi connectivity index (χ2n) is 4.23. The highest BCUT2D eigenvalue weighted by Crippen LogP contribution is 2.29. The summed E-state index contributed by atoms with van der Waals surface area (Å²) in [4.78, 5) is 10.5. The molecule has 0 bridgehead atoms. The van der Waals surface area contributed by atoms with E-state index in [-0.39, 0.29) is 24.1 Å². The number of nitrogens with zero attached hydrogens (tertiary/aromatic N) is 1. The van der Waals surface area contributed by atoms with Crippen LogP contribution in [0.25, 0.3) is 0 Å². The van der Waals surface area contributed by atoms with Crippen molar-refractivity contribution in [2.24, 2.45) is 0 Å². The first-order valence-electron chi connectivity index (χ1n) is 5.67. The molecular formula is C11H15BrClN3O3. The molecule has 0 spiro atoms. The van der Waals surface area contributed by atoms with Gasteiger partial charge in [0.1, 0.15) is 5.69 Å². The lowest BCUT2D eigenvalue weighted by Gasteiger charge is -2.29. The minimum absolute atomic E-state index is 0. The van der Waals surface area contributed by atoms with Gasteiger partial charge in [0, 0.05) is 17.1 Å². The minimum atomic E-state index is -0.540. The molecule has 2 rings (SSSR count). The van der Waals surface area contributed by atoms with Crippen LogP contribution in [-0.2, 0) is 0 Å². The van der Waals surface area contributed by atoms with Gasteiger partial charge in [0.05, 0.1) is 17.1 Å². The van der Waals surface area contributed by atoms with Crippen molar-refractivity contribution < 1.29 is 10.0 Å². The molecule has 106 valence electrons. The summed E-state index contributed by atoms with van der Waals surface area (Å²) in [5.74, 6) is 0. The molecule has 1 aliphatic rings. The SMILES string of the molecule is Cl.O=[N+]([O-])c1cc(Br)ccc1N[C@H]1CCNC[C@@H]1O. The van der Waals surface area contributed by atoms with Crippen LogP contribution in [0.3, 0.4) is 0 Å². The second kappa shape index (κ2) is 7.04. The Kier molecular flexibility index (Phi) is 5.99. The molecule has 8 heteroatoms. The molecule has 0 amide bonds. The fraction of sp³-hybridized carbons (Fsp3) is 0.455. The van der Waals surface area contributed by atoms with E-state index in [0.717, 1.165) is 13.0 Å². The zero-order chi connectivity index (χ0) is 13.1. The zero-order valence-corrected chi connectivity index (χ0v) is 12.4. The van der Waals surface area contributed by atoms with Gasteiger partial charge in [-0.25, -0.2) is 0 Å². The number of halogens is 2. The molecule has 0 saturated carbocycles. The maximum Gasteiger partial charge on any atom is 0.293 e. The lowest BCUT2D eigenvalue weighted by molar-refractivity contribution is -0.384. The number of nitro benzene ring substituents is 1. The quantitative estimate of drug-likeness (QED) is 0.571. The van der Waals surface area contributed by atoms with Gasteiger partial charge in [-0.1, -0.05) is 15.9 Å². The molecule has 19 heavy (non-hydrogen) atoms. The molecule has 0 aliphatic carbocycles. The Bertz CT molecular complexity index is 461. The number of aliphatic hydroxyl groups excluding tert-OH is 1. The van der Waals surface area contributed by atoms with Crippen LogP contribution in [0.15, 0.2) is 22.7 Å². The van der Waals surface area contributed by atoms with Crippen molar-refractivity contribution in [3.05, 3.63) is 32.8 Å². The first kappa shape index (κ1) is 16.2. The van der Waals surface area contributed by atoms with Gasteiger partial charge in [-0.2, -0.15) is 0 Å². The van der Waals surface area contributed by atoms with E-state index in [9.17, 15) is 15.2 Å². The van der Waals surface area contributed by atoms with Gasteiger partial charge >= 0.3 is 0 Å². The normalized spacial score (nSPS) is 22.4. The van der Waals surface area contributed by atoms with Crippen molar-refractivity contribution >= 4 is 39.7 Å². The molecular weight excluding hydrogens is 337 g/mol. The molecule has 1 aromatic rings. The minimum Gasteiger partial charge on any atom is -0.390 e. The summed E-state index contributed by atoms with van der Waals surface area (Å²) in [6.07, 6.45) is 0.191. The van der Waals surface area contributed by atoms with E-state index in [1.807, 2.05) is 0 Å². The molecule has 1 fully saturated rings. The number of nitro groups is 1. The van der Waals surface area contributed by atoms with E-state index in [1.165, 1.54) is 6.07 Å². The molecule has 1 saturated heterocycles. The van der Waals surface area contributed by atoms with E-state index in [2.05, 4.69) is 26.6 Å². The Labute approximate surface area is 125 Å². The topological polar surface area (TPSA) is 87.4 Å². The van der Waals surface area contributed by atoms with Crippen molar-refractivity contribution in [3.8, 4) is 0 Å². The van der Waals surface area contributed by atoms with E-state index >= 15 is 0 Å². The third-order valence-corrected chi connectivity index (χ3v) is 3.44. The Hall–Kier alpha value is -0.890. The lowest BCUT2D eigenvalue weighted by Crippen LogP contribution is -2.47. The standard InChI is InChI=1S/C11H14BrN3O3.ClH/c12-7-1-2-8(10(5-7)15(17)18)14-9-3-4-13-6-11(9)16;/h1-2,5,9,11,13-14,16H,3-4,6H2;1H/t9-,11-;/m0./s1. The van der Waals surface area contributed by atoms with Crippen LogP contribution < -0.4 is 10.6 Å². The number of piperidine rings is 1. The third kappa shape index (κ3) is 4.04. The van der Waals surface area contributed by atoms with Crippen LogP contribution >= 0.6 is 28.3 Å². The van der Waals surface area contributed by atoms with Crippen LogP contribution in [0.1, 0.15) is 6.42 Å². The van der Waals surface area contributed by atoms with E-state index in [4.69, 9.17) is 0 Å². The number of benzene rings is 1. The van der Waals surface area contributed by atoms with Crippen LogP contribution in [-0.4, -0.2) is 35.3 Å². The fourth-order valence-electron chi connectivity index (χ4n) is 1.99. The predicted molar refractivity (Wildman–Crippen MR) is 78.9 cm³/mol. The molecule has 2 atom stereocenters. The molecule has 1 aliphatic heterocycles. The largest absolute Gasteiger partial charge is 0.390 e. The van der Waals surface area contributed by atoms with Gasteiger partial charge in [0.15, 0.2) is 0 Å². The molecule has 3 N–H and O–H groups in total. The zero-order valence-electron chi connectivity index (χ0n) is 10.0. The van der Waals surface area contributed by atoms with Gasteiger partial charge in [-0.15, -0.1) is 12.4 Å². The summed E-state index contributed by atoms with van der Waals surface area (Å²) in [5, 5.41) is 26.9. The Morgan fingerprint density at radius 1 is 1.53 bits per heavy atom. The highest BCUT2D eigenvalue weighted by atomic mass is 79.9. The number of hydrogen-bond acceptors (Lipinski definition) is 5. The maximum absolute atomic E-state index is 11.0. The molecule has 0 unspecified atom stereocenters. The van der Waals surface area contributed by atoms with Crippen molar-refractivity contribution in [1.82, 2.24) is 5.32 Å². The number of β-amino-alcohol motifs (C(OH)–C–C–N with tert-alkyl or cyclic N) is 1. The van der Waals surface area contributed by atoms with Crippen molar-refractivity contribution in [1.29, 1.82) is 0 Å². The average molecular weight is 353 g/mol. The number of anilines is 1.